The van der Waals surface area contributed by atoms with Gasteiger partial charge in [-0.2, -0.15) is 0 Å². The number of rotatable bonds is 6. The van der Waals surface area contributed by atoms with Crippen molar-refractivity contribution in [3.05, 3.63) is 64.7 Å². The van der Waals surface area contributed by atoms with Crippen LogP contribution in [0.1, 0.15) is 31.0 Å². The molecular weight excluding hydrogens is 372 g/mol. The zero-order valence-electron chi connectivity index (χ0n) is 15.2. The Balaban J connectivity index is 2.27. The summed E-state index contributed by atoms with van der Waals surface area (Å²) in [4.78, 5) is 12.7. The Bertz CT molecular complexity index is 885. The highest BCUT2D eigenvalue weighted by Gasteiger charge is 2.30. The Morgan fingerprint density at radius 3 is 2.27 bits per heavy atom. The molecule has 0 fully saturated rings. The number of benzene rings is 2. The number of amides is 1. The predicted octanol–water partition coefficient (Wildman–Crippen LogP) is 3.68. The summed E-state index contributed by atoms with van der Waals surface area (Å²) in [7, 11) is -3.68. The molecule has 0 saturated heterocycles. The molecule has 2 atom stereocenters. The van der Waals surface area contributed by atoms with Crippen molar-refractivity contribution >= 4 is 33.2 Å². The Morgan fingerprint density at radius 1 is 1.12 bits per heavy atom. The van der Waals surface area contributed by atoms with E-state index in [1.807, 2.05) is 44.2 Å². The van der Waals surface area contributed by atoms with Crippen LogP contribution < -0.4 is 9.62 Å². The summed E-state index contributed by atoms with van der Waals surface area (Å²) in [5, 5.41) is 3.31. The van der Waals surface area contributed by atoms with Crippen LogP contribution in [0.25, 0.3) is 0 Å². The molecule has 2 aromatic rings. The van der Waals surface area contributed by atoms with E-state index in [1.165, 1.54) is 0 Å². The molecule has 0 unspecified atom stereocenters. The maximum Gasteiger partial charge on any atom is 0.244 e. The fourth-order valence-corrected chi connectivity index (χ4v) is 4.03. The fraction of sp³-hybridized carbons (Fsp3) is 0.316. The van der Waals surface area contributed by atoms with Crippen molar-refractivity contribution in [1.29, 1.82) is 0 Å². The van der Waals surface area contributed by atoms with Gasteiger partial charge in [0.2, 0.25) is 15.9 Å². The first-order valence-corrected chi connectivity index (χ1v) is 10.4. The molecule has 0 bridgehead atoms. The third kappa shape index (κ3) is 4.77. The minimum Gasteiger partial charge on any atom is -0.348 e. The Labute approximate surface area is 160 Å². The number of hydrogen-bond acceptors (Lipinski definition) is 3. The van der Waals surface area contributed by atoms with E-state index in [2.05, 4.69) is 5.32 Å². The second-order valence-corrected chi connectivity index (χ2v) is 8.58. The van der Waals surface area contributed by atoms with Crippen molar-refractivity contribution in [2.75, 3.05) is 10.6 Å². The third-order valence-corrected chi connectivity index (χ3v) is 5.81. The maximum absolute atomic E-state index is 12.7. The van der Waals surface area contributed by atoms with Crippen LogP contribution in [0, 0.1) is 6.92 Å². The number of aryl methyl sites for hydroxylation is 1. The number of hydrogen-bond donors (Lipinski definition) is 1. The zero-order valence-corrected chi connectivity index (χ0v) is 16.8. The number of carbonyl (C=O) groups is 1. The summed E-state index contributed by atoms with van der Waals surface area (Å²) in [6.07, 6.45) is 1.07. The number of anilines is 1. The van der Waals surface area contributed by atoms with Gasteiger partial charge >= 0.3 is 0 Å². The molecule has 1 amide bonds. The van der Waals surface area contributed by atoms with Crippen molar-refractivity contribution in [3.8, 4) is 0 Å². The van der Waals surface area contributed by atoms with Gasteiger partial charge in [0, 0.05) is 5.02 Å². The lowest BCUT2D eigenvalue weighted by Gasteiger charge is -2.29. The molecule has 0 heterocycles. The molecule has 0 spiro atoms. The number of nitrogens with one attached hydrogen (secondary N) is 1. The first-order valence-electron chi connectivity index (χ1n) is 8.22. The standard InChI is InChI=1S/C19H23ClN2O3S/c1-13-10-11-17(12-18(13)20)22(26(4,24)25)15(3)19(23)21-14(2)16-8-6-5-7-9-16/h5-12,14-15H,1-4H3,(H,21,23)/t14-,15-/m0/s1. The van der Waals surface area contributed by atoms with Gasteiger partial charge in [0.1, 0.15) is 6.04 Å². The number of halogens is 1. The van der Waals surface area contributed by atoms with Crippen LogP contribution >= 0.6 is 11.6 Å². The van der Waals surface area contributed by atoms with Crippen LogP contribution in [0.2, 0.25) is 5.02 Å². The van der Waals surface area contributed by atoms with E-state index < -0.39 is 16.1 Å². The van der Waals surface area contributed by atoms with Gasteiger partial charge in [0.05, 0.1) is 18.0 Å². The van der Waals surface area contributed by atoms with Crippen LogP contribution in [0.5, 0.6) is 0 Å². The molecule has 0 aliphatic rings. The van der Waals surface area contributed by atoms with E-state index in [-0.39, 0.29) is 11.9 Å². The first-order chi connectivity index (χ1) is 12.1. The van der Waals surface area contributed by atoms with Crippen LogP contribution in [-0.4, -0.2) is 26.6 Å². The molecule has 0 aliphatic carbocycles. The van der Waals surface area contributed by atoms with Crippen molar-refractivity contribution < 1.29 is 13.2 Å². The van der Waals surface area contributed by atoms with Crippen molar-refractivity contribution in [3.63, 3.8) is 0 Å². The second kappa shape index (κ2) is 8.10. The molecule has 0 aromatic heterocycles. The second-order valence-electron chi connectivity index (χ2n) is 6.31. The highest BCUT2D eigenvalue weighted by molar-refractivity contribution is 7.92. The van der Waals surface area contributed by atoms with E-state index in [0.717, 1.165) is 21.7 Å². The SMILES string of the molecule is Cc1ccc(N([C@@H](C)C(=O)N[C@@H](C)c2ccccc2)S(C)(=O)=O)cc1Cl. The van der Waals surface area contributed by atoms with Gasteiger partial charge in [0.15, 0.2) is 0 Å². The lowest BCUT2D eigenvalue weighted by molar-refractivity contribution is -0.122. The van der Waals surface area contributed by atoms with Crippen molar-refractivity contribution in [2.24, 2.45) is 0 Å². The van der Waals surface area contributed by atoms with Gasteiger partial charge < -0.3 is 5.32 Å². The number of sulfonamides is 1. The minimum atomic E-state index is -3.68. The molecule has 26 heavy (non-hydrogen) atoms. The monoisotopic (exact) mass is 394 g/mol. The predicted molar refractivity (Wildman–Crippen MR) is 106 cm³/mol. The highest BCUT2D eigenvalue weighted by Crippen LogP contribution is 2.27. The summed E-state index contributed by atoms with van der Waals surface area (Å²) in [6, 6.07) is 13.3. The fourth-order valence-electron chi connectivity index (χ4n) is 2.69. The largest absolute Gasteiger partial charge is 0.348 e. The lowest BCUT2D eigenvalue weighted by Crippen LogP contribution is -2.48. The van der Waals surface area contributed by atoms with Gasteiger partial charge in [-0.25, -0.2) is 8.42 Å². The van der Waals surface area contributed by atoms with E-state index in [0.29, 0.717) is 10.7 Å². The van der Waals surface area contributed by atoms with Gasteiger partial charge in [-0.15, -0.1) is 0 Å². The zero-order chi connectivity index (χ0) is 19.5. The lowest BCUT2D eigenvalue weighted by atomic mass is 10.1. The summed E-state index contributed by atoms with van der Waals surface area (Å²) in [5.74, 6) is -0.386. The topological polar surface area (TPSA) is 66.5 Å². The van der Waals surface area contributed by atoms with Crippen LogP contribution in [0.3, 0.4) is 0 Å². The Kier molecular flexibility index (Phi) is 6.31. The van der Waals surface area contributed by atoms with Crippen molar-refractivity contribution in [1.82, 2.24) is 5.32 Å². The molecule has 2 rings (SSSR count). The van der Waals surface area contributed by atoms with Crippen molar-refractivity contribution in [2.45, 2.75) is 32.9 Å². The Morgan fingerprint density at radius 2 is 1.73 bits per heavy atom. The summed E-state index contributed by atoms with van der Waals surface area (Å²) >= 11 is 6.13. The summed E-state index contributed by atoms with van der Waals surface area (Å²) < 4.78 is 25.8. The molecule has 1 N–H and O–H groups in total. The number of carbonyl (C=O) groups excluding carboxylic acids is 1. The third-order valence-electron chi connectivity index (χ3n) is 4.16. The van der Waals surface area contributed by atoms with E-state index >= 15 is 0 Å². The van der Waals surface area contributed by atoms with Gasteiger partial charge in [-0.3, -0.25) is 9.10 Å². The molecule has 2 aromatic carbocycles. The molecule has 140 valence electrons. The maximum atomic E-state index is 12.7. The molecule has 5 nitrogen and oxygen atoms in total. The first kappa shape index (κ1) is 20.3. The quantitative estimate of drug-likeness (QED) is 0.812. The molecule has 0 aliphatic heterocycles. The minimum absolute atomic E-state index is 0.242. The molecule has 7 heteroatoms. The Hall–Kier alpha value is -2.05. The van der Waals surface area contributed by atoms with E-state index in [4.69, 9.17) is 11.6 Å². The highest BCUT2D eigenvalue weighted by atomic mass is 35.5. The normalized spacial score (nSPS) is 13.7. The van der Waals surface area contributed by atoms with Gasteiger partial charge in [0.25, 0.3) is 0 Å². The average Bonchev–Trinajstić information content (AvgIpc) is 2.57. The van der Waals surface area contributed by atoms with Crippen LogP contribution in [0.15, 0.2) is 48.5 Å². The van der Waals surface area contributed by atoms with Crippen LogP contribution in [0.4, 0.5) is 5.69 Å². The average molecular weight is 395 g/mol. The smallest absolute Gasteiger partial charge is 0.244 e. The summed E-state index contributed by atoms with van der Waals surface area (Å²) in [6.45, 7) is 5.24. The van der Waals surface area contributed by atoms with Gasteiger partial charge in [-0.05, 0) is 44.0 Å². The van der Waals surface area contributed by atoms with E-state index in [1.54, 1.807) is 25.1 Å². The molecule has 0 radical (unpaired) electrons. The van der Waals surface area contributed by atoms with Gasteiger partial charge in [-0.1, -0.05) is 48.0 Å². The van der Waals surface area contributed by atoms with E-state index in [9.17, 15) is 13.2 Å². The summed E-state index contributed by atoms with van der Waals surface area (Å²) in [5.41, 5.74) is 2.13. The molecular formula is C19H23ClN2O3S. The molecule has 0 saturated carbocycles. The van der Waals surface area contributed by atoms with Crippen LogP contribution in [-0.2, 0) is 14.8 Å². The number of nitrogens with zero attached hydrogens (tertiary/aromatic N) is 1.